The van der Waals surface area contributed by atoms with Crippen molar-refractivity contribution in [2.24, 2.45) is 5.92 Å². The Morgan fingerprint density at radius 3 is 2.44 bits per heavy atom. The fourth-order valence-electron chi connectivity index (χ4n) is 3.37. The molecular weight excluding hydrogens is 226 g/mol. The second-order valence-corrected chi connectivity index (χ2v) is 5.93. The maximum atomic E-state index is 10.2. The number of piperidine rings is 1. The van der Waals surface area contributed by atoms with Crippen LogP contribution in [0, 0.1) is 5.92 Å². The predicted octanol–water partition coefficient (Wildman–Crippen LogP) is 2.43. The highest BCUT2D eigenvalue weighted by molar-refractivity contribution is 4.82. The van der Waals surface area contributed by atoms with Gasteiger partial charge in [0.15, 0.2) is 0 Å². The van der Waals surface area contributed by atoms with E-state index in [1.54, 1.807) is 0 Å². The molecule has 2 fully saturated rings. The fourth-order valence-corrected chi connectivity index (χ4v) is 3.37. The molecule has 2 rings (SSSR count). The SMILES string of the molecule is CCCCC(O)C1CCN(C2CCOCC2)CC1. The van der Waals surface area contributed by atoms with Gasteiger partial charge in [-0.3, -0.25) is 0 Å². The van der Waals surface area contributed by atoms with Gasteiger partial charge in [0, 0.05) is 19.3 Å². The summed E-state index contributed by atoms with van der Waals surface area (Å²) >= 11 is 0. The van der Waals surface area contributed by atoms with Gasteiger partial charge in [0.2, 0.25) is 0 Å². The average Bonchev–Trinajstić information content (AvgIpc) is 2.46. The van der Waals surface area contributed by atoms with Crippen molar-refractivity contribution in [3.63, 3.8) is 0 Å². The molecule has 2 aliphatic heterocycles. The summed E-state index contributed by atoms with van der Waals surface area (Å²) in [6, 6.07) is 0.743. The number of aliphatic hydroxyl groups excluding tert-OH is 1. The van der Waals surface area contributed by atoms with Gasteiger partial charge in [0.25, 0.3) is 0 Å². The van der Waals surface area contributed by atoms with Crippen LogP contribution in [0.1, 0.15) is 51.9 Å². The second kappa shape index (κ2) is 7.46. The average molecular weight is 255 g/mol. The van der Waals surface area contributed by atoms with Crippen LogP contribution in [0.4, 0.5) is 0 Å². The molecule has 2 saturated heterocycles. The number of rotatable bonds is 5. The van der Waals surface area contributed by atoms with Crippen molar-refractivity contribution in [3.8, 4) is 0 Å². The summed E-state index contributed by atoms with van der Waals surface area (Å²) in [7, 11) is 0. The van der Waals surface area contributed by atoms with E-state index in [1.165, 1.54) is 51.6 Å². The van der Waals surface area contributed by atoms with Gasteiger partial charge >= 0.3 is 0 Å². The van der Waals surface area contributed by atoms with E-state index < -0.39 is 0 Å². The highest BCUT2D eigenvalue weighted by atomic mass is 16.5. The van der Waals surface area contributed by atoms with Crippen LogP contribution in [-0.2, 0) is 4.74 Å². The summed E-state index contributed by atoms with van der Waals surface area (Å²) < 4.78 is 5.43. The molecule has 0 bridgehead atoms. The molecule has 1 atom stereocenters. The van der Waals surface area contributed by atoms with Gasteiger partial charge in [-0.25, -0.2) is 0 Å². The first-order valence-electron chi connectivity index (χ1n) is 7.81. The summed E-state index contributed by atoms with van der Waals surface area (Å²) in [5.74, 6) is 0.549. The van der Waals surface area contributed by atoms with Crippen LogP contribution in [0.15, 0.2) is 0 Å². The van der Waals surface area contributed by atoms with Crippen molar-refractivity contribution >= 4 is 0 Å². The normalized spacial score (nSPS) is 26.3. The standard InChI is InChI=1S/C15H29NO2/c1-2-3-4-15(17)13-5-9-16(10-6-13)14-7-11-18-12-8-14/h13-15,17H,2-12H2,1H3. The third kappa shape index (κ3) is 3.94. The van der Waals surface area contributed by atoms with E-state index in [9.17, 15) is 5.11 Å². The van der Waals surface area contributed by atoms with Crippen molar-refractivity contribution in [3.05, 3.63) is 0 Å². The van der Waals surface area contributed by atoms with Crippen molar-refractivity contribution in [1.82, 2.24) is 4.90 Å². The Balaban J connectivity index is 1.70. The Morgan fingerprint density at radius 1 is 1.17 bits per heavy atom. The Kier molecular flexibility index (Phi) is 5.93. The zero-order valence-corrected chi connectivity index (χ0v) is 11.8. The smallest absolute Gasteiger partial charge is 0.0569 e. The van der Waals surface area contributed by atoms with Gasteiger partial charge in [-0.15, -0.1) is 0 Å². The van der Waals surface area contributed by atoms with Gasteiger partial charge < -0.3 is 14.7 Å². The lowest BCUT2D eigenvalue weighted by Crippen LogP contribution is -2.45. The first-order valence-corrected chi connectivity index (χ1v) is 7.81. The maximum Gasteiger partial charge on any atom is 0.0569 e. The van der Waals surface area contributed by atoms with E-state index in [0.29, 0.717) is 5.92 Å². The number of likely N-dealkylation sites (tertiary alicyclic amines) is 1. The molecule has 0 aromatic rings. The summed E-state index contributed by atoms with van der Waals surface area (Å²) in [6.07, 6.45) is 8.07. The lowest BCUT2D eigenvalue weighted by molar-refractivity contribution is 0.00120. The molecule has 0 radical (unpaired) electrons. The highest BCUT2D eigenvalue weighted by Gasteiger charge is 2.29. The minimum atomic E-state index is -0.0539. The van der Waals surface area contributed by atoms with Crippen molar-refractivity contribution in [1.29, 1.82) is 0 Å². The predicted molar refractivity (Wildman–Crippen MR) is 73.7 cm³/mol. The van der Waals surface area contributed by atoms with E-state index in [2.05, 4.69) is 11.8 Å². The van der Waals surface area contributed by atoms with Crippen LogP contribution >= 0.6 is 0 Å². The van der Waals surface area contributed by atoms with Crippen LogP contribution in [0.5, 0.6) is 0 Å². The molecule has 3 nitrogen and oxygen atoms in total. The molecule has 3 heteroatoms. The van der Waals surface area contributed by atoms with Crippen LogP contribution < -0.4 is 0 Å². The van der Waals surface area contributed by atoms with Gasteiger partial charge in [-0.2, -0.15) is 0 Å². The zero-order valence-electron chi connectivity index (χ0n) is 11.8. The highest BCUT2D eigenvalue weighted by Crippen LogP contribution is 2.26. The Hall–Kier alpha value is -0.120. The fraction of sp³-hybridized carbons (Fsp3) is 1.00. The summed E-state index contributed by atoms with van der Waals surface area (Å²) in [4.78, 5) is 2.63. The van der Waals surface area contributed by atoms with Gasteiger partial charge in [0.1, 0.15) is 0 Å². The van der Waals surface area contributed by atoms with Gasteiger partial charge in [-0.1, -0.05) is 19.8 Å². The number of aliphatic hydroxyl groups is 1. The van der Waals surface area contributed by atoms with Crippen LogP contribution in [0.25, 0.3) is 0 Å². The summed E-state index contributed by atoms with van der Waals surface area (Å²) in [5.41, 5.74) is 0. The molecular formula is C15H29NO2. The molecule has 2 heterocycles. The molecule has 0 aliphatic carbocycles. The third-order valence-electron chi connectivity index (χ3n) is 4.68. The lowest BCUT2D eigenvalue weighted by atomic mass is 9.87. The molecule has 18 heavy (non-hydrogen) atoms. The third-order valence-corrected chi connectivity index (χ3v) is 4.68. The molecule has 2 aliphatic rings. The van der Waals surface area contributed by atoms with Crippen molar-refractivity contribution < 1.29 is 9.84 Å². The molecule has 0 spiro atoms. The molecule has 1 unspecified atom stereocenters. The largest absolute Gasteiger partial charge is 0.393 e. The number of unbranched alkanes of at least 4 members (excludes halogenated alkanes) is 1. The van der Waals surface area contributed by atoms with Gasteiger partial charge in [-0.05, 0) is 51.1 Å². The quantitative estimate of drug-likeness (QED) is 0.819. The van der Waals surface area contributed by atoms with E-state index >= 15 is 0 Å². The number of nitrogens with zero attached hydrogens (tertiary/aromatic N) is 1. The lowest BCUT2D eigenvalue weighted by Gasteiger charge is -2.40. The number of hydrogen-bond donors (Lipinski definition) is 1. The monoisotopic (exact) mass is 255 g/mol. The number of hydrogen-bond acceptors (Lipinski definition) is 3. The van der Waals surface area contributed by atoms with Gasteiger partial charge in [0.05, 0.1) is 6.10 Å². The number of ether oxygens (including phenoxy) is 1. The van der Waals surface area contributed by atoms with E-state index in [-0.39, 0.29) is 6.10 Å². The first-order chi connectivity index (χ1) is 8.81. The molecule has 106 valence electrons. The molecule has 0 saturated carbocycles. The molecule has 0 aromatic carbocycles. The molecule has 1 N–H and O–H groups in total. The topological polar surface area (TPSA) is 32.7 Å². The van der Waals surface area contributed by atoms with Crippen LogP contribution in [-0.4, -0.2) is 48.5 Å². The van der Waals surface area contributed by atoms with E-state index in [1.807, 2.05) is 0 Å². The van der Waals surface area contributed by atoms with Crippen molar-refractivity contribution in [2.45, 2.75) is 64.0 Å². The van der Waals surface area contributed by atoms with E-state index in [4.69, 9.17) is 4.74 Å². The molecule has 0 aromatic heterocycles. The maximum absolute atomic E-state index is 10.2. The molecule has 0 amide bonds. The van der Waals surface area contributed by atoms with Crippen LogP contribution in [0.3, 0.4) is 0 Å². The van der Waals surface area contributed by atoms with E-state index in [0.717, 1.165) is 25.7 Å². The van der Waals surface area contributed by atoms with Crippen LogP contribution in [0.2, 0.25) is 0 Å². The second-order valence-electron chi connectivity index (χ2n) is 5.93. The Labute approximate surface area is 112 Å². The Morgan fingerprint density at radius 2 is 1.83 bits per heavy atom. The Bertz CT molecular complexity index is 221. The summed E-state index contributed by atoms with van der Waals surface area (Å²) in [5, 5.41) is 10.2. The minimum Gasteiger partial charge on any atom is -0.393 e. The first kappa shape index (κ1) is 14.3. The minimum absolute atomic E-state index is 0.0539. The zero-order chi connectivity index (χ0) is 12.8. The summed E-state index contributed by atoms with van der Waals surface area (Å²) in [6.45, 7) is 6.42. The van der Waals surface area contributed by atoms with Crippen molar-refractivity contribution in [2.75, 3.05) is 26.3 Å².